The number of nitrogens with zero attached hydrogens (tertiary/aromatic N) is 1. The molecule has 146 valence electrons. The second-order valence-corrected chi connectivity index (χ2v) is 6.84. The van der Waals surface area contributed by atoms with Gasteiger partial charge in [-0.25, -0.2) is 0 Å². The topological polar surface area (TPSA) is 108 Å². The Hall–Kier alpha value is -2.64. The van der Waals surface area contributed by atoms with E-state index < -0.39 is 16.6 Å². The van der Waals surface area contributed by atoms with Crippen molar-refractivity contribution in [1.82, 2.24) is 0 Å². The van der Waals surface area contributed by atoms with E-state index in [-0.39, 0.29) is 11.4 Å². The molecule has 0 saturated heterocycles. The predicted molar refractivity (Wildman–Crippen MR) is 103 cm³/mol. The first-order valence-corrected chi connectivity index (χ1v) is 8.75. The molecule has 0 saturated carbocycles. The minimum Gasteiger partial charge on any atom is -0.490 e. The lowest BCUT2D eigenvalue weighted by atomic mass is 9.91. The molecule has 3 rings (SSSR count). The molecule has 27 heavy (non-hydrogen) atoms. The maximum absolute atomic E-state index is 10.9. The van der Waals surface area contributed by atoms with Crippen LogP contribution in [0.5, 0.6) is 11.5 Å². The minimum absolute atomic E-state index is 0.136. The van der Waals surface area contributed by atoms with Gasteiger partial charge in [0.05, 0.1) is 24.2 Å². The summed E-state index contributed by atoms with van der Waals surface area (Å²) in [5.41, 5.74) is 6.50. The molecule has 1 unspecified atom stereocenters. The first-order chi connectivity index (χ1) is 12.8. The molecule has 0 amide bonds. The molecular formula is C20H26N2O5. The summed E-state index contributed by atoms with van der Waals surface area (Å²) < 4.78 is 10.6. The van der Waals surface area contributed by atoms with Gasteiger partial charge in [-0.2, -0.15) is 0 Å². The van der Waals surface area contributed by atoms with Crippen LogP contribution >= 0.6 is 0 Å². The van der Waals surface area contributed by atoms with Crippen molar-refractivity contribution in [3.05, 3.63) is 63.7 Å². The van der Waals surface area contributed by atoms with Gasteiger partial charge in [-0.15, -0.1) is 0 Å². The van der Waals surface area contributed by atoms with Gasteiger partial charge in [0.15, 0.2) is 5.75 Å². The molecule has 1 aliphatic heterocycles. The van der Waals surface area contributed by atoms with E-state index in [4.69, 9.17) is 15.2 Å². The van der Waals surface area contributed by atoms with Crippen LogP contribution in [0.1, 0.15) is 25.0 Å². The van der Waals surface area contributed by atoms with Crippen molar-refractivity contribution in [2.75, 3.05) is 13.7 Å². The summed E-state index contributed by atoms with van der Waals surface area (Å²) in [6.45, 7) is 4.23. The Morgan fingerprint density at radius 3 is 2.56 bits per heavy atom. The fourth-order valence-electron chi connectivity index (χ4n) is 2.77. The molecule has 0 radical (unpaired) electrons. The summed E-state index contributed by atoms with van der Waals surface area (Å²) in [6, 6.07) is 13.2. The average molecular weight is 374 g/mol. The van der Waals surface area contributed by atoms with Crippen molar-refractivity contribution < 1.29 is 19.5 Å². The van der Waals surface area contributed by atoms with Crippen molar-refractivity contribution in [2.45, 2.75) is 38.4 Å². The van der Waals surface area contributed by atoms with Gasteiger partial charge in [0.25, 0.3) is 0 Å². The molecule has 7 nitrogen and oxygen atoms in total. The van der Waals surface area contributed by atoms with Crippen LogP contribution in [0.3, 0.4) is 0 Å². The Morgan fingerprint density at radius 2 is 2.00 bits per heavy atom. The number of ether oxygens (including phenoxy) is 2. The van der Waals surface area contributed by atoms with E-state index in [1.807, 2.05) is 18.2 Å². The zero-order valence-electron chi connectivity index (χ0n) is 15.8. The smallest absolute Gasteiger partial charge is 0.314 e. The number of fused-ring (bicyclic) bond motifs is 1. The Bertz CT molecular complexity index is 777. The Balaban J connectivity index is 0.000000244. The van der Waals surface area contributed by atoms with Crippen LogP contribution in [0.2, 0.25) is 0 Å². The third-order valence-corrected chi connectivity index (χ3v) is 4.42. The number of rotatable bonds is 4. The molecule has 2 aromatic carbocycles. The molecule has 0 spiro atoms. The van der Waals surface area contributed by atoms with E-state index in [0.29, 0.717) is 17.7 Å². The van der Waals surface area contributed by atoms with Crippen molar-refractivity contribution in [3.63, 3.8) is 0 Å². The highest BCUT2D eigenvalue weighted by molar-refractivity contribution is 5.56. The molecule has 3 N–H and O–H groups in total. The molecule has 1 heterocycles. The summed E-state index contributed by atoms with van der Waals surface area (Å²) in [6.07, 6.45) is 0.716. The highest BCUT2D eigenvalue weighted by Crippen LogP contribution is 2.40. The number of methoxy groups -OCH3 is 1. The first kappa shape index (κ1) is 20.7. The maximum Gasteiger partial charge on any atom is 0.314 e. The lowest BCUT2D eigenvalue weighted by Crippen LogP contribution is -2.46. The highest BCUT2D eigenvalue weighted by atomic mass is 16.6. The number of hydrogen-bond donors (Lipinski definition) is 2. The van der Waals surface area contributed by atoms with Crippen LogP contribution in [-0.2, 0) is 12.8 Å². The van der Waals surface area contributed by atoms with Crippen LogP contribution in [0.15, 0.2) is 42.5 Å². The number of benzene rings is 2. The SMILES string of the molecule is COc1cc2c(cc1[N+](=O)[O-])OC(C)(C)C(O)C2.NCCc1ccccc1. The normalized spacial score (nSPS) is 17.0. The van der Waals surface area contributed by atoms with Gasteiger partial charge >= 0.3 is 5.69 Å². The Labute approximate surface area is 158 Å². The van der Waals surface area contributed by atoms with Crippen molar-refractivity contribution >= 4 is 5.69 Å². The van der Waals surface area contributed by atoms with E-state index >= 15 is 0 Å². The number of nitro groups is 1. The molecule has 1 atom stereocenters. The zero-order chi connectivity index (χ0) is 20.0. The Morgan fingerprint density at radius 1 is 1.33 bits per heavy atom. The van der Waals surface area contributed by atoms with Crippen LogP contribution in [0, 0.1) is 10.1 Å². The van der Waals surface area contributed by atoms with E-state index in [9.17, 15) is 15.2 Å². The van der Waals surface area contributed by atoms with Crippen LogP contribution in [0.4, 0.5) is 5.69 Å². The van der Waals surface area contributed by atoms with Gasteiger partial charge in [0.1, 0.15) is 11.4 Å². The van der Waals surface area contributed by atoms with Gasteiger partial charge in [-0.05, 0) is 38.4 Å². The van der Waals surface area contributed by atoms with E-state index in [1.54, 1.807) is 19.9 Å². The second kappa shape index (κ2) is 8.83. The van der Waals surface area contributed by atoms with Gasteiger partial charge in [-0.1, -0.05) is 30.3 Å². The van der Waals surface area contributed by atoms with Crippen molar-refractivity contribution in [2.24, 2.45) is 5.73 Å². The largest absolute Gasteiger partial charge is 0.490 e. The van der Waals surface area contributed by atoms with Crippen molar-refractivity contribution in [1.29, 1.82) is 0 Å². The lowest BCUT2D eigenvalue weighted by molar-refractivity contribution is -0.385. The number of aliphatic hydroxyl groups is 1. The molecular weight excluding hydrogens is 348 g/mol. The van der Waals surface area contributed by atoms with Crippen molar-refractivity contribution in [3.8, 4) is 11.5 Å². The summed E-state index contributed by atoms with van der Waals surface area (Å²) >= 11 is 0. The summed E-state index contributed by atoms with van der Waals surface area (Å²) in [4.78, 5) is 10.4. The molecule has 7 heteroatoms. The maximum atomic E-state index is 10.9. The third kappa shape index (κ3) is 5.18. The number of hydrogen-bond acceptors (Lipinski definition) is 6. The van der Waals surface area contributed by atoms with E-state index in [2.05, 4.69) is 12.1 Å². The predicted octanol–water partition coefficient (Wildman–Crippen LogP) is 2.87. The number of nitro benzene ring substituents is 1. The monoisotopic (exact) mass is 374 g/mol. The average Bonchev–Trinajstić information content (AvgIpc) is 2.63. The molecule has 1 aliphatic rings. The molecule has 0 fully saturated rings. The van der Waals surface area contributed by atoms with Crippen LogP contribution < -0.4 is 15.2 Å². The number of nitrogens with two attached hydrogens (primary N) is 1. The minimum atomic E-state index is -0.755. The molecule has 0 bridgehead atoms. The molecule has 0 aromatic heterocycles. The second-order valence-electron chi connectivity index (χ2n) is 6.84. The van der Waals surface area contributed by atoms with Crippen LogP contribution in [0.25, 0.3) is 0 Å². The molecule has 2 aromatic rings. The van der Waals surface area contributed by atoms with Gasteiger partial charge < -0.3 is 20.3 Å². The standard InChI is InChI=1S/C12H15NO5.C8H11N/c1-12(2)11(14)5-7-4-10(17-3)8(13(15)16)6-9(7)18-12;9-7-6-8-4-2-1-3-5-8/h4,6,11,14H,5H2,1-3H3;1-5H,6-7,9H2. The Kier molecular flexibility index (Phi) is 6.76. The summed E-state index contributed by atoms with van der Waals surface area (Å²) in [5.74, 6) is 0.604. The first-order valence-electron chi connectivity index (χ1n) is 8.75. The van der Waals surface area contributed by atoms with Gasteiger partial charge in [-0.3, -0.25) is 10.1 Å². The van der Waals surface area contributed by atoms with E-state index in [0.717, 1.165) is 13.0 Å². The quantitative estimate of drug-likeness (QED) is 0.629. The van der Waals surface area contributed by atoms with Gasteiger partial charge in [0.2, 0.25) is 0 Å². The summed E-state index contributed by atoms with van der Waals surface area (Å²) in [5, 5.41) is 20.8. The fourth-order valence-corrected chi connectivity index (χ4v) is 2.77. The fraction of sp³-hybridized carbons (Fsp3) is 0.400. The van der Waals surface area contributed by atoms with Crippen LogP contribution in [-0.4, -0.2) is 35.4 Å². The zero-order valence-corrected chi connectivity index (χ0v) is 15.8. The lowest BCUT2D eigenvalue weighted by Gasteiger charge is -2.36. The molecule has 0 aliphatic carbocycles. The summed E-state index contributed by atoms with van der Waals surface area (Å²) in [7, 11) is 1.37. The van der Waals surface area contributed by atoms with E-state index in [1.165, 1.54) is 18.7 Å². The third-order valence-electron chi connectivity index (χ3n) is 4.42. The van der Waals surface area contributed by atoms with Gasteiger partial charge in [0, 0.05) is 12.0 Å². The highest BCUT2D eigenvalue weighted by Gasteiger charge is 2.37. The number of aliphatic hydroxyl groups excluding tert-OH is 1.